The quantitative estimate of drug-likeness (QED) is 0.795. The van der Waals surface area contributed by atoms with Crippen molar-refractivity contribution in [3.05, 3.63) is 47.0 Å². The molecule has 0 N–H and O–H groups in total. The van der Waals surface area contributed by atoms with E-state index in [-0.39, 0.29) is 5.97 Å². The molecule has 1 aromatic carbocycles. The molecule has 0 bridgehead atoms. The summed E-state index contributed by atoms with van der Waals surface area (Å²) in [6, 6.07) is 4.23. The highest BCUT2D eigenvalue weighted by atomic mass is 16.5. The van der Waals surface area contributed by atoms with E-state index in [2.05, 4.69) is 37.9 Å². The number of nitrogens with zero attached hydrogens (tertiary/aromatic N) is 2. The molecule has 4 heteroatoms. The number of benzene rings is 1. The first-order valence-corrected chi connectivity index (χ1v) is 6.32. The third-order valence-electron chi connectivity index (χ3n) is 2.96. The zero-order chi connectivity index (χ0) is 14.0. The number of rotatable bonds is 3. The van der Waals surface area contributed by atoms with Crippen LogP contribution in [0.2, 0.25) is 0 Å². The van der Waals surface area contributed by atoms with Crippen LogP contribution in [0.5, 0.6) is 0 Å². The Labute approximate surface area is 113 Å². The molecule has 0 spiro atoms. The van der Waals surface area contributed by atoms with Crippen molar-refractivity contribution < 1.29 is 9.53 Å². The Morgan fingerprint density at radius 2 is 1.89 bits per heavy atom. The summed E-state index contributed by atoms with van der Waals surface area (Å²) in [7, 11) is 0. The lowest BCUT2D eigenvalue weighted by Crippen LogP contribution is -2.05. The van der Waals surface area contributed by atoms with Gasteiger partial charge in [0.25, 0.3) is 0 Å². The molecule has 1 aromatic heterocycles. The van der Waals surface area contributed by atoms with Crippen molar-refractivity contribution in [2.75, 3.05) is 6.61 Å². The van der Waals surface area contributed by atoms with Gasteiger partial charge in [-0.2, -0.15) is 0 Å². The highest BCUT2D eigenvalue weighted by molar-refractivity contribution is 5.87. The highest BCUT2D eigenvalue weighted by Crippen LogP contribution is 2.21. The molecule has 0 aliphatic heterocycles. The van der Waals surface area contributed by atoms with Crippen molar-refractivity contribution in [3.63, 3.8) is 0 Å². The number of carbonyl (C=O) groups is 1. The summed E-state index contributed by atoms with van der Waals surface area (Å²) >= 11 is 0. The fourth-order valence-electron chi connectivity index (χ4n) is 2.34. The Hall–Kier alpha value is -2.10. The van der Waals surface area contributed by atoms with Crippen molar-refractivity contribution in [1.29, 1.82) is 0 Å². The first-order chi connectivity index (χ1) is 9.02. The average Bonchev–Trinajstić information content (AvgIpc) is 2.77. The second-order valence-electron chi connectivity index (χ2n) is 4.63. The first kappa shape index (κ1) is 13.3. The van der Waals surface area contributed by atoms with Crippen molar-refractivity contribution >= 4 is 5.97 Å². The van der Waals surface area contributed by atoms with Crippen molar-refractivity contribution in [2.24, 2.45) is 0 Å². The molecule has 4 nitrogen and oxygen atoms in total. The summed E-state index contributed by atoms with van der Waals surface area (Å²) in [6.45, 7) is 8.32. The standard InChI is InChI=1S/C15H18N2O2/c1-5-19-15(18)13-8-17(9-16-13)14-11(3)6-10(2)7-12(14)4/h6-9H,5H2,1-4H3. The summed E-state index contributed by atoms with van der Waals surface area (Å²) < 4.78 is 6.81. The molecule has 0 unspecified atom stereocenters. The minimum absolute atomic E-state index is 0.334. The van der Waals surface area contributed by atoms with Gasteiger partial charge in [0, 0.05) is 6.20 Å². The number of ether oxygens (including phenoxy) is 1. The smallest absolute Gasteiger partial charge is 0.358 e. The van der Waals surface area contributed by atoms with Crippen LogP contribution in [0.15, 0.2) is 24.7 Å². The van der Waals surface area contributed by atoms with E-state index in [1.165, 1.54) is 5.56 Å². The molecule has 0 aliphatic rings. The molecule has 0 radical (unpaired) electrons. The predicted molar refractivity (Wildman–Crippen MR) is 73.7 cm³/mol. The molecular weight excluding hydrogens is 240 g/mol. The number of hydrogen-bond acceptors (Lipinski definition) is 3. The highest BCUT2D eigenvalue weighted by Gasteiger charge is 2.13. The van der Waals surface area contributed by atoms with Gasteiger partial charge < -0.3 is 9.30 Å². The maximum Gasteiger partial charge on any atom is 0.358 e. The fraction of sp³-hybridized carbons (Fsp3) is 0.333. The minimum Gasteiger partial charge on any atom is -0.461 e. The zero-order valence-electron chi connectivity index (χ0n) is 11.7. The van der Waals surface area contributed by atoms with Crippen LogP contribution >= 0.6 is 0 Å². The molecule has 100 valence electrons. The summed E-state index contributed by atoms with van der Waals surface area (Å²) in [5, 5.41) is 0. The number of hydrogen-bond donors (Lipinski definition) is 0. The van der Waals surface area contributed by atoms with Gasteiger partial charge in [-0.15, -0.1) is 0 Å². The van der Waals surface area contributed by atoms with Gasteiger partial charge in [0.2, 0.25) is 0 Å². The number of carbonyl (C=O) groups excluding carboxylic acids is 1. The summed E-state index contributed by atoms with van der Waals surface area (Å²) in [6.07, 6.45) is 3.36. The SMILES string of the molecule is CCOC(=O)c1cn(-c2c(C)cc(C)cc2C)cn1. The van der Waals surface area contributed by atoms with E-state index in [4.69, 9.17) is 4.74 Å². The van der Waals surface area contributed by atoms with Gasteiger partial charge in [-0.05, 0) is 38.8 Å². The van der Waals surface area contributed by atoms with Crippen LogP contribution in [-0.2, 0) is 4.74 Å². The Kier molecular flexibility index (Phi) is 3.69. The number of aromatic nitrogens is 2. The monoisotopic (exact) mass is 258 g/mol. The molecule has 0 amide bonds. The van der Waals surface area contributed by atoms with E-state index in [0.717, 1.165) is 16.8 Å². The van der Waals surface area contributed by atoms with Gasteiger partial charge in [-0.1, -0.05) is 17.7 Å². The fourth-order valence-corrected chi connectivity index (χ4v) is 2.34. The van der Waals surface area contributed by atoms with Crippen LogP contribution < -0.4 is 0 Å². The molecule has 0 saturated heterocycles. The Morgan fingerprint density at radius 3 is 2.47 bits per heavy atom. The molecule has 0 aliphatic carbocycles. The van der Waals surface area contributed by atoms with Gasteiger partial charge in [0.15, 0.2) is 5.69 Å². The van der Waals surface area contributed by atoms with Crippen LogP contribution in [0.1, 0.15) is 34.1 Å². The van der Waals surface area contributed by atoms with Gasteiger partial charge >= 0.3 is 5.97 Å². The molecule has 0 fully saturated rings. The van der Waals surface area contributed by atoms with Gasteiger partial charge in [0.05, 0.1) is 12.3 Å². The Balaban J connectivity index is 2.41. The van der Waals surface area contributed by atoms with Crippen molar-refractivity contribution in [3.8, 4) is 5.69 Å². The third-order valence-corrected chi connectivity index (χ3v) is 2.96. The number of aryl methyl sites for hydroxylation is 3. The maximum atomic E-state index is 11.6. The first-order valence-electron chi connectivity index (χ1n) is 6.32. The minimum atomic E-state index is -0.385. The lowest BCUT2D eigenvalue weighted by atomic mass is 10.1. The average molecular weight is 258 g/mol. The maximum absolute atomic E-state index is 11.6. The van der Waals surface area contributed by atoms with E-state index in [9.17, 15) is 4.79 Å². The van der Waals surface area contributed by atoms with Crippen molar-refractivity contribution in [1.82, 2.24) is 9.55 Å². The van der Waals surface area contributed by atoms with E-state index in [1.54, 1.807) is 19.4 Å². The normalized spacial score (nSPS) is 10.5. The number of esters is 1. The van der Waals surface area contributed by atoms with Crippen LogP contribution in [0.4, 0.5) is 0 Å². The molecule has 19 heavy (non-hydrogen) atoms. The van der Waals surface area contributed by atoms with Crippen LogP contribution in [0.25, 0.3) is 5.69 Å². The number of imidazole rings is 1. The summed E-state index contributed by atoms with van der Waals surface area (Å²) in [5.74, 6) is -0.385. The van der Waals surface area contributed by atoms with Crippen molar-refractivity contribution in [2.45, 2.75) is 27.7 Å². The summed E-state index contributed by atoms with van der Waals surface area (Å²) in [4.78, 5) is 15.7. The van der Waals surface area contributed by atoms with E-state index < -0.39 is 0 Å². The molecule has 0 atom stereocenters. The molecule has 0 saturated carbocycles. The second kappa shape index (κ2) is 5.26. The largest absolute Gasteiger partial charge is 0.461 e. The van der Waals surface area contributed by atoms with Gasteiger partial charge in [-0.3, -0.25) is 0 Å². The van der Waals surface area contributed by atoms with Crippen LogP contribution in [-0.4, -0.2) is 22.1 Å². The molecular formula is C15H18N2O2. The lowest BCUT2D eigenvalue weighted by Gasteiger charge is -2.11. The van der Waals surface area contributed by atoms with Crippen LogP contribution in [0.3, 0.4) is 0 Å². The van der Waals surface area contributed by atoms with Gasteiger partial charge in [0.1, 0.15) is 6.33 Å². The van der Waals surface area contributed by atoms with Gasteiger partial charge in [-0.25, -0.2) is 9.78 Å². The van der Waals surface area contributed by atoms with E-state index in [0.29, 0.717) is 12.3 Å². The van der Waals surface area contributed by atoms with E-state index >= 15 is 0 Å². The molecule has 2 aromatic rings. The Bertz CT molecular complexity index is 591. The topological polar surface area (TPSA) is 44.1 Å². The third kappa shape index (κ3) is 2.67. The summed E-state index contributed by atoms with van der Waals surface area (Å²) in [5.41, 5.74) is 4.94. The predicted octanol–water partition coefficient (Wildman–Crippen LogP) is 2.97. The molecule has 1 heterocycles. The molecule has 2 rings (SSSR count). The van der Waals surface area contributed by atoms with E-state index in [1.807, 2.05) is 4.57 Å². The Morgan fingerprint density at radius 1 is 1.26 bits per heavy atom. The lowest BCUT2D eigenvalue weighted by molar-refractivity contribution is 0.0520. The van der Waals surface area contributed by atoms with Crippen LogP contribution in [0, 0.1) is 20.8 Å². The zero-order valence-corrected chi connectivity index (χ0v) is 11.7. The second-order valence-corrected chi connectivity index (χ2v) is 4.63.